The van der Waals surface area contributed by atoms with Gasteiger partial charge >= 0.3 is 0 Å². The lowest BCUT2D eigenvalue weighted by atomic mass is 10.1. The third kappa shape index (κ3) is 2.32. The number of aryl methyl sites for hydroxylation is 1. The van der Waals surface area contributed by atoms with Gasteiger partial charge in [0.15, 0.2) is 17.2 Å². The number of ether oxygens (including phenoxy) is 2. The van der Waals surface area contributed by atoms with Crippen LogP contribution in [-0.2, 0) is 0 Å². The lowest BCUT2D eigenvalue weighted by Gasteiger charge is -2.13. The molecule has 1 atom stereocenters. The maximum atomic E-state index is 12.0. The first-order chi connectivity index (χ1) is 9.63. The third-order valence-electron chi connectivity index (χ3n) is 3.10. The molecule has 1 aromatic carbocycles. The van der Waals surface area contributed by atoms with Crippen LogP contribution < -0.4 is 14.8 Å². The Labute approximate surface area is 115 Å². The Balaban J connectivity index is 1.73. The summed E-state index contributed by atoms with van der Waals surface area (Å²) < 4.78 is 15.5. The number of nitrogens with zero attached hydrogens (tertiary/aromatic N) is 1. The largest absolute Gasteiger partial charge is 0.454 e. The maximum Gasteiger partial charge on any atom is 0.273 e. The van der Waals surface area contributed by atoms with Crippen LogP contribution in [0.15, 0.2) is 28.8 Å². The fraction of sp³-hybridized carbons (Fsp3) is 0.286. The summed E-state index contributed by atoms with van der Waals surface area (Å²) in [4.78, 5) is 12.0. The lowest BCUT2D eigenvalue weighted by molar-refractivity contribution is 0.0930. The minimum Gasteiger partial charge on any atom is -0.454 e. The molecule has 6 heteroatoms. The molecule has 1 unspecified atom stereocenters. The van der Waals surface area contributed by atoms with Gasteiger partial charge in [0, 0.05) is 6.07 Å². The first-order valence-corrected chi connectivity index (χ1v) is 6.27. The lowest BCUT2D eigenvalue weighted by Crippen LogP contribution is -2.26. The molecule has 0 fully saturated rings. The van der Waals surface area contributed by atoms with Gasteiger partial charge in [0.05, 0.1) is 6.04 Å². The van der Waals surface area contributed by atoms with Crippen molar-refractivity contribution in [3.05, 3.63) is 41.3 Å². The van der Waals surface area contributed by atoms with Crippen LogP contribution >= 0.6 is 0 Å². The SMILES string of the molecule is Cc1cc(C(=O)NC(C)c2ccc3c(c2)OCO3)no1. The molecule has 0 saturated heterocycles. The first-order valence-electron chi connectivity index (χ1n) is 6.27. The smallest absolute Gasteiger partial charge is 0.273 e. The molecule has 104 valence electrons. The number of hydrogen-bond acceptors (Lipinski definition) is 5. The molecule has 2 heterocycles. The van der Waals surface area contributed by atoms with Crippen molar-refractivity contribution in [1.29, 1.82) is 0 Å². The van der Waals surface area contributed by atoms with Crippen molar-refractivity contribution in [2.24, 2.45) is 0 Å². The van der Waals surface area contributed by atoms with Gasteiger partial charge in [0.1, 0.15) is 5.76 Å². The van der Waals surface area contributed by atoms with Crippen LogP contribution in [0.2, 0.25) is 0 Å². The normalized spacial score (nSPS) is 14.1. The Morgan fingerprint density at radius 1 is 1.30 bits per heavy atom. The monoisotopic (exact) mass is 274 g/mol. The molecular weight excluding hydrogens is 260 g/mol. The highest BCUT2D eigenvalue weighted by Gasteiger charge is 2.18. The van der Waals surface area contributed by atoms with E-state index in [-0.39, 0.29) is 24.4 Å². The second-order valence-corrected chi connectivity index (χ2v) is 4.63. The maximum absolute atomic E-state index is 12.0. The van der Waals surface area contributed by atoms with Crippen LogP contribution in [0.5, 0.6) is 11.5 Å². The predicted molar refractivity (Wildman–Crippen MR) is 69.7 cm³/mol. The Morgan fingerprint density at radius 3 is 2.85 bits per heavy atom. The number of hydrogen-bond donors (Lipinski definition) is 1. The van der Waals surface area contributed by atoms with E-state index in [0.29, 0.717) is 11.5 Å². The number of nitrogens with one attached hydrogen (secondary N) is 1. The molecule has 0 radical (unpaired) electrons. The highest BCUT2D eigenvalue weighted by Crippen LogP contribution is 2.34. The number of rotatable bonds is 3. The summed E-state index contributed by atoms with van der Waals surface area (Å²) in [7, 11) is 0. The molecule has 0 saturated carbocycles. The molecule has 1 amide bonds. The molecule has 20 heavy (non-hydrogen) atoms. The molecule has 1 aromatic heterocycles. The van der Waals surface area contributed by atoms with Gasteiger partial charge < -0.3 is 19.3 Å². The Bertz CT molecular complexity index is 650. The molecule has 6 nitrogen and oxygen atoms in total. The summed E-state index contributed by atoms with van der Waals surface area (Å²) in [5.41, 5.74) is 1.21. The zero-order valence-corrected chi connectivity index (χ0v) is 11.2. The minimum atomic E-state index is -0.271. The highest BCUT2D eigenvalue weighted by atomic mass is 16.7. The van der Waals surface area contributed by atoms with E-state index >= 15 is 0 Å². The van der Waals surface area contributed by atoms with Crippen molar-refractivity contribution in [2.75, 3.05) is 6.79 Å². The van der Waals surface area contributed by atoms with Crippen LogP contribution in [0.25, 0.3) is 0 Å². The number of aromatic nitrogens is 1. The zero-order chi connectivity index (χ0) is 14.1. The minimum absolute atomic E-state index is 0.172. The van der Waals surface area contributed by atoms with E-state index < -0.39 is 0 Å². The van der Waals surface area contributed by atoms with Crippen molar-refractivity contribution in [3.63, 3.8) is 0 Å². The Morgan fingerprint density at radius 2 is 2.10 bits per heavy atom. The van der Waals surface area contributed by atoms with E-state index in [1.54, 1.807) is 13.0 Å². The van der Waals surface area contributed by atoms with E-state index in [9.17, 15) is 4.79 Å². The fourth-order valence-corrected chi connectivity index (χ4v) is 2.01. The summed E-state index contributed by atoms with van der Waals surface area (Å²) in [5, 5.41) is 6.55. The zero-order valence-electron chi connectivity index (χ0n) is 11.2. The van der Waals surface area contributed by atoms with Crippen LogP contribution in [0.4, 0.5) is 0 Å². The summed E-state index contributed by atoms with van der Waals surface area (Å²) in [6.45, 7) is 3.87. The summed E-state index contributed by atoms with van der Waals surface area (Å²) in [6.07, 6.45) is 0. The molecule has 3 rings (SSSR count). The van der Waals surface area contributed by atoms with Gasteiger partial charge in [0.25, 0.3) is 5.91 Å². The Kier molecular flexibility index (Phi) is 3.06. The summed E-state index contributed by atoms with van der Waals surface area (Å²) in [6, 6.07) is 7.02. The second-order valence-electron chi connectivity index (χ2n) is 4.63. The van der Waals surface area contributed by atoms with Gasteiger partial charge in [-0.3, -0.25) is 4.79 Å². The molecule has 1 N–H and O–H groups in total. The van der Waals surface area contributed by atoms with Crippen LogP contribution in [0.3, 0.4) is 0 Å². The van der Waals surface area contributed by atoms with Crippen LogP contribution in [0, 0.1) is 6.92 Å². The van der Waals surface area contributed by atoms with Crippen molar-refractivity contribution in [1.82, 2.24) is 10.5 Å². The molecule has 0 aliphatic carbocycles. The number of benzene rings is 1. The van der Waals surface area contributed by atoms with Gasteiger partial charge in [-0.15, -0.1) is 0 Å². The highest BCUT2D eigenvalue weighted by molar-refractivity contribution is 5.92. The van der Waals surface area contributed by atoms with Gasteiger partial charge in [0.2, 0.25) is 6.79 Å². The number of fused-ring (bicyclic) bond motifs is 1. The molecule has 1 aliphatic heterocycles. The van der Waals surface area contributed by atoms with Crippen molar-refractivity contribution in [2.45, 2.75) is 19.9 Å². The van der Waals surface area contributed by atoms with Crippen molar-refractivity contribution < 1.29 is 18.8 Å². The quantitative estimate of drug-likeness (QED) is 0.928. The van der Waals surface area contributed by atoms with Crippen molar-refractivity contribution >= 4 is 5.91 Å². The topological polar surface area (TPSA) is 73.6 Å². The van der Waals surface area contributed by atoms with Gasteiger partial charge in [-0.1, -0.05) is 11.2 Å². The molecular formula is C14H14N2O4. The second kappa shape index (κ2) is 4.88. The van der Waals surface area contributed by atoms with E-state index in [1.165, 1.54) is 0 Å². The van der Waals surface area contributed by atoms with E-state index in [2.05, 4.69) is 10.5 Å². The standard InChI is InChI=1S/C14H14N2O4/c1-8-5-11(16-20-8)14(17)15-9(2)10-3-4-12-13(6-10)19-7-18-12/h3-6,9H,7H2,1-2H3,(H,15,17). The predicted octanol–water partition coefficient (Wildman–Crippen LogP) is 2.20. The molecule has 2 aromatic rings. The number of carbonyl (C=O) groups excluding carboxylic acids is 1. The molecule has 1 aliphatic rings. The van der Waals surface area contributed by atoms with Crippen LogP contribution in [-0.4, -0.2) is 17.9 Å². The number of carbonyl (C=O) groups is 1. The summed E-state index contributed by atoms with van der Waals surface area (Å²) >= 11 is 0. The third-order valence-corrected chi connectivity index (χ3v) is 3.10. The van der Waals surface area contributed by atoms with Crippen molar-refractivity contribution in [3.8, 4) is 11.5 Å². The van der Waals surface area contributed by atoms with E-state index in [4.69, 9.17) is 14.0 Å². The molecule has 0 bridgehead atoms. The Hall–Kier alpha value is -2.50. The first kappa shape index (κ1) is 12.5. The average molecular weight is 274 g/mol. The van der Waals surface area contributed by atoms with Gasteiger partial charge in [-0.05, 0) is 31.5 Å². The number of amides is 1. The van der Waals surface area contributed by atoms with E-state index in [0.717, 1.165) is 11.3 Å². The van der Waals surface area contributed by atoms with E-state index in [1.807, 2.05) is 25.1 Å². The van der Waals surface area contributed by atoms with Crippen LogP contribution in [0.1, 0.15) is 34.8 Å². The average Bonchev–Trinajstić information content (AvgIpc) is 3.05. The van der Waals surface area contributed by atoms with Gasteiger partial charge in [-0.2, -0.15) is 0 Å². The van der Waals surface area contributed by atoms with Gasteiger partial charge in [-0.25, -0.2) is 0 Å². The summed E-state index contributed by atoms with van der Waals surface area (Å²) in [5.74, 6) is 1.75. The molecule has 0 spiro atoms. The fourth-order valence-electron chi connectivity index (χ4n) is 2.01.